The van der Waals surface area contributed by atoms with Gasteiger partial charge in [0.1, 0.15) is 18.3 Å². The van der Waals surface area contributed by atoms with E-state index in [4.69, 9.17) is 27.9 Å². The van der Waals surface area contributed by atoms with Crippen molar-refractivity contribution < 1.29 is 22.7 Å². The topological polar surface area (TPSA) is 96.0 Å². The second kappa shape index (κ2) is 14.8. The van der Waals surface area contributed by atoms with Gasteiger partial charge in [-0.05, 0) is 68.7 Å². The third-order valence-electron chi connectivity index (χ3n) is 6.96. The number of halogens is 2. The summed E-state index contributed by atoms with van der Waals surface area (Å²) in [6.07, 6.45) is 1.02. The number of amides is 2. The lowest BCUT2D eigenvalue weighted by atomic mass is 10.1. The summed E-state index contributed by atoms with van der Waals surface area (Å²) < 4.78 is 34.3. The quantitative estimate of drug-likeness (QED) is 0.241. The molecular formula is C31H37Cl2N3O5S. The van der Waals surface area contributed by atoms with Crippen molar-refractivity contribution in [1.29, 1.82) is 0 Å². The van der Waals surface area contributed by atoms with E-state index in [1.807, 2.05) is 26.8 Å². The Bertz CT molecular complexity index is 1500. The third kappa shape index (κ3) is 7.96. The number of benzene rings is 3. The van der Waals surface area contributed by atoms with Crippen LogP contribution in [0, 0.1) is 6.92 Å². The van der Waals surface area contributed by atoms with E-state index in [-0.39, 0.29) is 39.1 Å². The van der Waals surface area contributed by atoms with Crippen LogP contribution < -0.4 is 14.4 Å². The Labute approximate surface area is 258 Å². The van der Waals surface area contributed by atoms with Gasteiger partial charge >= 0.3 is 0 Å². The zero-order valence-corrected chi connectivity index (χ0v) is 26.8. The van der Waals surface area contributed by atoms with E-state index >= 15 is 0 Å². The first kappa shape index (κ1) is 33.2. The predicted octanol–water partition coefficient (Wildman–Crippen LogP) is 6.23. The Hall–Kier alpha value is -3.27. The SMILES string of the molecule is CC[C@H](C)NC(=O)[C@H](CC)N(Cc1cccc(OC)c1)C(=O)CN(c1cccc(Cl)c1Cl)S(=O)(=O)c1ccc(C)cc1. The van der Waals surface area contributed by atoms with Crippen molar-refractivity contribution >= 4 is 50.7 Å². The minimum Gasteiger partial charge on any atom is -0.497 e. The van der Waals surface area contributed by atoms with Crippen molar-refractivity contribution in [1.82, 2.24) is 10.2 Å². The van der Waals surface area contributed by atoms with E-state index in [1.165, 1.54) is 29.2 Å². The molecule has 42 heavy (non-hydrogen) atoms. The number of ether oxygens (including phenoxy) is 1. The number of carbonyl (C=O) groups excluding carboxylic acids is 2. The first-order valence-electron chi connectivity index (χ1n) is 13.7. The van der Waals surface area contributed by atoms with Gasteiger partial charge in [-0.1, -0.05) is 72.9 Å². The Kier molecular flexibility index (Phi) is 11.7. The van der Waals surface area contributed by atoms with E-state index in [2.05, 4.69) is 5.32 Å². The van der Waals surface area contributed by atoms with Crippen molar-refractivity contribution in [3.63, 3.8) is 0 Å². The van der Waals surface area contributed by atoms with Crippen molar-refractivity contribution in [2.24, 2.45) is 0 Å². The summed E-state index contributed by atoms with van der Waals surface area (Å²) in [6.45, 7) is 6.92. The number of carbonyl (C=O) groups is 2. The molecule has 226 valence electrons. The lowest BCUT2D eigenvalue weighted by molar-refractivity contribution is -0.140. The Morgan fingerprint density at radius 1 is 0.976 bits per heavy atom. The third-order valence-corrected chi connectivity index (χ3v) is 9.54. The monoisotopic (exact) mass is 633 g/mol. The van der Waals surface area contributed by atoms with Crippen LogP contribution in [-0.2, 0) is 26.2 Å². The number of sulfonamides is 1. The molecule has 3 rings (SSSR count). The smallest absolute Gasteiger partial charge is 0.264 e. The van der Waals surface area contributed by atoms with Gasteiger partial charge in [-0.2, -0.15) is 0 Å². The van der Waals surface area contributed by atoms with Crippen molar-refractivity contribution in [3.05, 3.63) is 87.9 Å². The number of hydrogen-bond acceptors (Lipinski definition) is 5. The molecule has 11 heteroatoms. The molecule has 2 atom stereocenters. The maximum absolute atomic E-state index is 14.2. The highest BCUT2D eigenvalue weighted by Crippen LogP contribution is 2.35. The number of hydrogen-bond donors (Lipinski definition) is 1. The number of nitrogens with zero attached hydrogens (tertiary/aromatic N) is 2. The zero-order valence-electron chi connectivity index (χ0n) is 24.4. The fraction of sp³-hybridized carbons (Fsp3) is 0.355. The van der Waals surface area contributed by atoms with Gasteiger partial charge in [-0.25, -0.2) is 8.42 Å². The highest BCUT2D eigenvalue weighted by atomic mass is 35.5. The lowest BCUT2D eigenvalue weighted by Crippen LogP contribution is -2.53. The standard InChI is InChI=1S/C31H37Cl2N3O5S/c1-6-22(4)34-31(38)27(7-2)35(19-23-10-8-11-24(18-23)41-5)29(37)20-36(28-13-9-12-26(32)30(28)33)42(39,40)25-16-14-21(3)15-17-25/h8-18,22,27H,6-7,19-20H2,1-5H3,(H,34,38)/t22-,27-/m0/s1. The van der Waals surface area contributed by atoms with Crippen LogP contribution in [0.25, 0.3) is 0 Å². The maximum atomic E-state index is 14.2. The van der Waals surface area contributed by atoms with Crippen LogP contribution in [-0.4, -0.2) is 50.9 Å². The normalized spacial score (nSPS) is 12.7. The Morgan fingerprint density at radius 3 is 2.26 bits per heavy atom. The van der Waals surface area contributed by atoms with Crippen LogP contribution in [0.4, 0.5) is 5.69 Å². The van der Waals surface area contributed by atoms with Crippen LogP contribution in [0.5, 0.6) is 5.75 Å². The first-order chi connectivity index (χ1) is 19.9. The molecule has 3 aromatic rings. The van der Waals surface area contributed by atoms with Gasteiger partial charge in [0.25, 0.3) is 10.0 Å². The summed E-state index contributed by atoms with van der Waals surface area (Å²) in [5.41, 5.74) is 1.64. The molecule has 3 aromatic carbocycles. The molecule has 0 saturated carbocycles. The molecule has 0 saturated heterocycles. The van der Waals surface area contributed by atoms with Crippen molar-refractivity contribution in [2.75, 3.05) is 18.0 Å². The molecule has 0 aliphatic carbocycles. The van der Waals surface area contributed by atoms with E-state index in [1.54, 1.807) is 50.4 Å². The Morgan fingerprint density at radius 2 is 1.64 bits per heavy atom. The molecule has 0 aliphatic rings. The average Bonchev–Trinajstić information content (AvgIpc) is 2.97. The molecule has 0 heterocycles. The highest BCUT2D eigenvalue weighted by Gasteiger charge is 2.35. The summed E-state index contributed by atoms with van der Waals surface area (Å²) in [5, 5.41) is 3.09. The fourth-order valence-electron chi connectivity index (χ4n) is 4.36. The number of rotatable bonds is 13. The summed E-state index contributed by atoms with van der Waals surface area (Å²) in [6, 6.07) is 17.1. The molecule has 8 nitrogen and oxygen atoms in total. The maximum Gasteiger partial charge on any atom is 0.264 e. The molecule has 0 radical (unpaired) electrons. The second-order valence-corrected chi connectivity index (χ2v) is 12.7. The van der Waals surface area contributed by atoms with Crippen LogP contribution in [0.15, 0.2) is 71.6 Å². The molecule has 1 N–H and O–H groups in total. The highest BCUT2D eigenvalue weighted by molar-refractivity contribution is 7.92. The van der Waals surface area contributed by atoms with E-state index in [9.17, 15) is 18.0 Å². The van der Waals surface area contributed by atoms with Gasteiger partial charge in [0.15, 0.2) is 0 Å². The number of methoxy groups -OCH3 is 1. The average molecular weight is 635 g/mol. The fourth-order valence-corrected chi connectivity index (χ4v) is 6.24. The predicted molar refractivity (Wildman–Crippen MR) is 168 cm³/mol. The minimum absolute atomic E-state index is 0.0106. The molecule has 0 aromatic heterocycles. The van der Waals surface area contributed by atoms with Gasteiger partial charge in [0, 0.05) is 12.6 Å². The molecule has 0 unspecified atom stereocenters. The lowest BCUT2D eigenvalue weighted by Gasteiger charge is -2.34. The molecule has 0 fully saturated rings. The largest absolute Gasteiger partial charge is 0.497 e. The molecule has 0 bridgehead atoms. The molecule has 0 aliphatic heterocycles. The van der Waals surface area contributed by atoms with Crippen LogP contribution in [0.1, 0.15) is 44.7 Å². The number of nitrogens with one attached hydrogen (secondary N) is 1. The number of anilines is 1. The van der Waals surface area contributed by atoms with E-state index < -0.39 is 28.5 Å². The summed E-state index contributed by atoms with van der Waals surface area (Å²) in [4.78, 5) is 29.0. The molecule has 2 amide bonds. The first-order valence-corrected chi connectivity index (χ1v) is 15.9. The van der Waals surface area contributed by atoms with Gasteiger partial charge < -0.3 is 15.0 Å². The van der Waals surface area contributed by atoms with Gasteiger partial charge in [0.2, 0.25) is 11.8 Å². The van der Waals surface area contributed by atoms with Crippen LogP contribution in [0.3, 0.4) is 0 Å². The number of aryl methyl sites for hydroxylation is 1. The second-order valence-electron chi connectivity index (χ2n) is 10.0. The Balaban J connectivity index is 2.11. The van der Waals surface area contributed by atoms with Crippen molar-refractivity contribution in [3.8, 4) is 5.75 Å². The van der Waals surface area contributed by atoms with Crippen LogP contribution in [0.2, 0.25) is 10.0 Å². The summed E-state index contributed by atoms with van der Waals surface area (Å²) in [7, 11) is -2.73. The van der Waals surface area contributed by atoms with Crippen molar-refractivity contribution in [2.45, 2.75) is 64.1 Å². The van der Waals surface area contributed by atoms with E-state index in [0.29, 0.717) is 24.2 Å². The van der Waals surface area contributed by atoms with Gasteiger partial charge in [0.05, 0.1) is 27.7 Å². The van der Waals surface area contributed by atoms with E-state index in [0.717, 1.165) is 9.87 Å². The van der Waals surface area contributed by atoms with Gasteiger partial charge in [-0.3, -0.25) is 13.9 Å². The minimum atomic E-state index is -4.28. The molecular weight excluding hydrogens is 597 g/mol. The van der Waals surface area contributed by atoms with Gasteiger partial charge in [-0.15, -0.1) is 0 Å². The summed E-state index contributed by atoms with van der Waals surface area (Å²) >= 11 is 12.8. The zero-order chi connectivity index (χ0) is 31.0. The molecule has 0 spiro atoms. The summed E-state index contributed by atoms with van der Waals surface area (Å²) in [5.74, 6) is -0.321. The van der Waals surface area contributed by atoms with Crippen LogP contribution >= 0.6 is 23.2 Å².